The number of allylic oxidation sites excluding steroid dienone is 1. The van der Waals surface area contributed by atoms with E-state index in [0.717, 1.165) is 56.9 Å². The minimum atomic E-state index is -1.02. The van der Waals surface area contributed by atoms with Gasteiger partial charge in [0.25, 0.3) is 0 Å². The number of alkyl halides is 1. The van der Waals surface area contributed by atoms with Crippen molar-refractivity contribution >= 4 is 11.9 Å². The van der Waals surface area contributed by atoms with Crippen molar-refractivity contribution in [1.82, 2.24) is 0 Å². The molecule has 0 aliphatic heterocycles. The second kappa shape index (κ2) is 11.6. The van der Waals surface area contributed by atoms with Gasteiger partial charge < -0.3 is 9.47 Å². The Balaban J connectivity index is 1.23. The molecule has 192 valence electrons. The third-order valence-electron chi connectivity index (χ3n) is 9.65. The molecule has 4 rings (SSSR count). The molecule has 0 radical (unpaired) electrons. The lowest BCUT2D eigenvalue weighted by atomic mass is 9.52. The molecule has 0 bridgehead atoms. The predicted molar refractivity (Wildman–Crippen MR) is 131 cm³/mol. The van der Waals surface area contributed by atoms with Gasteiger partial charge in [-0.05, 0) is 68.8 Å². The number of hydrogen-bond donors (Lipinski definition) is 0. The Morgan fingerprint density at radius 3 is 2.53 bits per heavy atom. The molecule has 4 aliphatic rings. The molecule has 0 aromatic heterocycles. The first-order chi connectivity index (χ1) is 16.4. The molecule has 0 spiro atoms. The Labute approximate surface area is 205 Å². The highest BCUT2D eigenvalue weighted by Gasteiger charge is 2.58. The van der Waals surface area contributed by atoms with Crippen LogP contribution in [0.1, 0.15) is 110 Å². The summed E-state index contributed by atoms with van der Waals surface area (Å²) in [4.78, 5) is 24.3. The number of carbonyl (C=O) groups is 2. The number of halogens is 1. The SMILES string of the molecule is CCCCCCCCCCOC(=O)O[C@H]1CC[C@H]2[C@@H]3CCC4=CC(=O)C[C@@H](F)[C@@H]4[C@H]3CC[C@]12C. The fraction of sp³-hybridized carbons (Fsp3) is 0.862. The third-order valence-corrected chi connectivity index (χ3v) is 9.65. The number of ketones is 1. The Bertz CT molecular complexity index is 748. The maximum absolute atomic E-state index is 14.9. The van der Waals surface area contributed by atoms with Gasteiger partial charge in [0.05, 0.1) is 6.61 Å². The Morgan fingerprint density at radius 2 is 1.76 bits per heavy atom. The summed E-state index contributed by atoms with van der Waals surface area (Å²) >= 11 is 0. The molecule has 7 atom stereocenters. The van der Waals surface area contributed by atoms with E-state index in [1.165, 1.54) is 38.5 Å². The summed E-state index contributed by atoms with van der Waals surface area (Å²) in [7, 11) is 0. The summed E-state index contributed by atoms with van der Waals surface area (Å²) in [6, 6.07) is 0. The van der Waals surface area contributed by atoms with Crippen molar-refractivity contribution in [3.63, 3.8) is 0 Å². The van der Waals surface area contributed by atoms with Gasteiger partial charge in [0, 0.05) is 17.8 Å². The fourth-order valence-electron chi connectivity index (χ4n) is 7.89. The van der Waals surface area contributed by atoms with Gasteiger partial charge in [-0.3, -0.25) is 4.79 Å². The highest BCUT2D eigenvalue weighted by atomic mass is 19.1. The van der Waals surface area contributed by atoms with Crippen LogP contribution in [0.15, 0.2) is 11.6 Å². The molecule has 0 N–H and O–H groups in total. The van der Waals surface area contributed by atoms with E-state index in [4.69, 9.17) is 9.47 Å². The molecule has 3 fully saturated rings. The van der Waals surface area contributed by atoms with E-state index in [9.17, 15) is 14.0 Å². The van der Waals surface area contributed by atoms with Crippen molar-refractivity contribution in [3.8, 4) is 0 Å². The lowest BCUT2D eigenvalue weighted by Crippen LogP contribution is -2.50. The first-order valence-corrected chi connectivity index (χ1v) is 14.1. The number of ether oxygens (including phenoxy) is 2. The zero-order chi connectivity index (χ0) is 24.1. The average molecular weight is 477 g/mol. The van der Waals surface area contributed by atoms with E-state index in [1.54, 1.807) is 6.08 Å². The zero-order valence-electron chi connectivity index (χ0n) is 21.4. The van der Waals surface area contributed by atoms with Crippen LogP contribution in [0.25, 0.3) is 0 Å². The summed E-state index contributed by atoms with van der Waals surface area (Å²) in [6.07, 6.45) is 15.6. The third kappa shape index (κ3) is 5.54. The van der Waals surface area contributed by atoms with Crippen molar-refractivity contribution in [3.05, 3.63) is 11.6 Å². The van der Waals surface area contributed by atoms with Gasteiger partial charge in [-0.2, -0.15) is 0 Å². The molecule has 4 nitrogen and oxygen atoms in total. The number of unbranched alkanes of at least 4 members (excludes halogenated alkanes) is 7. The van der Waals surface area contributed by atoms with Crippen LogP contribution in [0, 0.1) is 29.1 Å². The van der Waals surface area contributed by atoms with E-state index in [2.05, 4.69) is 13.8 Å². The van der Waals surface area contributed by atoms with E-state index < -0.39 is 12.3 Å². The standard InChI is InChI=1S/C29H45FO4/c1-3-4-5-6-7-8-9-10-17-33-28(32)34-26-14-13-24-22-12-11-20-18-21(31)19-25(30)27(20)23(22)15-16-29(24,26)2/h18,22-27H,3-17,19H2,1-2H3/t22-,23+,24+,25-,26+,27+,29+/m1/s1. The van der Waals surface area contributed by atoms with Crippen LogP contribution >= 0.6 is 0 Å². The first-order valence-electron chi connectivity index (χ1n) is 14.1. The topological polar surface area (TPSA) is 52.6 Å². The predicted octanol–water partition coefficient (Wildman–Crippen LogP) is 7.74. The average Bonchev–Trinajstić information content (AvgIpc) is 3.13. The number of hydrogen-bond acceptors (Lipinski definition) is 4. The normalized spacial score (nSPS) is 36.8. The summed E-state index contributed by atoms with van der Waals surface area (Å²) in [5.41, 5.74) is 1.01. The summed E-state index contributed by atoms with van der Waals surface area (Å²) < 4.78 is 26.3. The van der Waals surface area contributed by atoms with Gasteiger partial charge >= 0.3 is 6.16 Å². The van der Waals surface area contributed by atoms with E-state index >= 15 is 0 Å². The first kappa shape index (κ1) is 25.7. The van der Waals surface area contributed by atoms with Gasteiger partial charge in [-0.15, -0.1) is 0 Å². The maximum Gasteiger partial charge on any atom is 0.508 e. The smallest absolute Gasteiger partial charge is 0.434 e. The van der Waals surface area contributed by atoms with Gasteiger partial charge in [0.2, 0.25) is 0 Å². The zero-order valence-corrected chi connectivity index (χ0v) is 21.4. The molecule has 0 aromatic carbocycles. The number of carbonyl (C=O) groups excluding carboxylic acids is 2. The van der Waals surface area contributed by atoms with Crippen LogP contribution < -0.4 is 0 Å². The minimum Gasteiger partial charge on any atom is -0.434 e. The van der Waals surface area contributed by atoms with E-state index in [1.807, 2.05) is 0 Å². The van der Waals surface area contributed by atoms with Crippen LogP contribution in [-0.2, 0) is 14.3 Å². The van der Waals surface area contributed by atoms with Crippen molar-refractivity contribution in [2.24, 2.45) is 29.1 Å². The van der Waals surface area contributed by atoms with Crippen LogP contribution in [0.3, 0.4) is 0 Å². The van der Waals surface area contributed by atoms with Crippen molar-refractivity contribution in [2.75, 3.05) is 6.61 Å². The lowest BCUT2D eigenvalue weighted by molar-refractivity contribution is -0.118. The van der Waals surface area contributed by atoms with E-state index in [0.29, 0.717) is 24.4 Å². The van der Waals surface area contributed by atoms with Gasteiger partial charge in [0.15, 0.2) is 5.78 Å². The quantitative estimate of drug-likeness (QED) is 0.239. The monoisotopic (exact) mass is 476 g/mol. The Morgan fingerprint density at radius 1 is 1.03 bits per heavy atom. The molecule has 5 heteroatoms. The molecule has 34 heavy (non-hydrogen) atoms. The second-order valence-corrected chi connectivity index (χ2v) is 11.7. The molecular weight excluding hydrogens is 431 g/mol. The van der Waals surface area contributed by atoms with Crippen LogP contribution in [-0.4, -0.2) is 30.8 Å². The van der Waals surface area contributed by atoms with Crippen molar-refractivity contribution < 1.29 is 23.5 Å². The Kier molecular flexibility index (Phi) is 8.74. The molecule has 0 amide bonds. The number of fused-ring (bicyclic) bond motifs is 5. The Hall–Kier alpha value is -1.39. The highest BCUT2D eigenvalue weighted by Crippen LogP contribution is 2.62. The molecule has 0 unspecified atom stereocenters. The van der Waals surface area contributed by atoms with Crippen LogP contribution in [0.4, 0.5) is 9.18 Å². The largest absolute Gasteiger partial charge is 0.508 e. The molecule has 4 aliphatic carbocycles. The van der Waals surface area contributed by atoms with Gasteiger partial charge in [0.1, 0.15) is 12.3 Å². The van der Waals surface area contributed by atoms with Crippen LogP contribution in [0.5, 0.6) is 0 Å². The minimum absolute atomic E-state index is 0.0438. The molecule has 0 aromatic rings. The summed E-state index contributed by atoms with van der Waals surface area (Å²) in [5, 5.41) is 0. The molecular formula is C29H45FO4. The lowest BCUT2D eigenvalue weighted by Gasteiger charge is -2.53. The summed E-state index contributed by atoms with van der Waals surface area (Å²) in [5.74, 6) is 1.14. The fourth-order valence-corrected chi connectivity index (χ4v) is 7.89. The molecule has 3 saturated carbocycles. The second-order valence-electron chi connectivity index (χ2n) is 11.7. The molecule has 0 heterocycles. The van der Waals surface area contributed by atoms with Crippen LogP contribution in [0.2, 0.25) is 0 Å². The maximum atomic E-state index is 14.9. The van der Waals surface area contributed by atoms with Gasteiger partial charge in [-0.25, -0.2) is 9.18 Å². The van der Waals surface area contributed by atoms with Crippen molar-refractivity contribution in [1.29, 1.82) is 0 Å². The van der Waals surface area contributed by atoms with Gasteiger partial charge in [-0.1, -0.05) is 64.4 Å². The molecule has 0 saturated heterocycles. The number of rotatable bonds is 10. The summed E-state index contributed by atoms with van der Waals surface area (Å²) in [6.45, 7) is 4.95. The van der Waals surface area contributed by atoms with Crippen molar-refractivity contribution in [2.45, 2.75) is 122 Å². The highest BCUT2D eigenvalue weighted by molar-refractivity contribution is 5.92. The van der Waals surface area contributed by atoms with E-state index in [-0.39, 0.29) is 29.6 Å².